The van der Waals surface area contributed by atoms with Gasteiger partial charge >= 0.3 is 0 Å². The number of nitrogens with zero attached hydrogens (tertiary/aromatic N) is 2. The van der Waals surface area contributed by atoms with Crippen LogP contribution >= 0.6 is 23.4 Å². The Kier molecular flexibility index (Phi) is 5.34. The van der Waals surface area contributed by atoms with Crippen LogP contribution in [-0.2, 0) is 0 Å². The van der Waals surface area contributed by atoms with E-state index in [9.17, 15) is 14.0 Å². The monoisotopic (exact) mass is 418 g/mol. The number of hydrogen-bond donors (Lipinski definition) is 0. The lowest BCUT2D eigenvalue weighted by molar-refractivity contribution is 0.0495. The normalized spacial score (nSPS) is 18.5. The van der Waals surface area contributed by atoms with Gasteiger partial charge in [-0.1, -0.05) is 23.7 Å². The first-order valence-corrected chi connectivity index (χ1v) is 10.6. The summed E-state index contributed by atoms with van der Waals surface area (Å²) >= 11 is 7.64. The fourth-order valence-electron chi connectivity index (χ4n) is 3.92. The largest absolute Gasteiger partial charge is 0.338 e. The van der Waals surface area contributed by atoms with Gasteiger partial charge in [-0.15, -0.1) is 11.8 Å². The van der Waals surface area contributed by atoms with Gasteiger partial charge in [0.15, 0.2) is 0 Å². The smallest absolute Gasteiger partial charge is 0.257 e. The van der Waals surface area contributed by atoms with Crippen LogP contribution < -0.4 is 0 Å². The number of carbonyl (C=O) groups excluding carboxylic acids is 2. The van der Waals surface area contributed by atoms with Gasteiger partial charge in [0.2, 0.25) is 0 Å². The van der Waals surface area contributed by atoms with Gasteiger partial charge in [-0.2, -0.15) is 0 Å². The van der Waals surface area contributed by atoms with Gasteiger partial charge in [-0.3, -0.25) is 9.59 Å². The summed E-state index contributed by atoms with van der Waals surface area (Å²) < 4.78 is 14.1. The van der Waals surface area contributed by atoms with Gasteiger partial charge < -0.3 is 9.80 Å². The van der Waals surface area contributed by atoms with Crippen LogP contribution in [0.25, 0.3) is 0 Å². The molecule has 2 aliphatic rings. The van der Waals surface area contributed by atoms with E-state index in [4.69, 9.17) is 11.6 Å². The molecule has 146 valence electrons. The van der Waals surface area contributed by atoms with Crippen LogP contribution in [0.2, 0.25) is 5.02 Å². The van der Waals surface area contributed by atoms with Crippen molar-refractivity contribution in [1.29, 1.82) is 0 Å². The first kappa shape index (κ1) is 19.3. The zero-order valence-corrected chi connectivity index (χ0v) is 16.8. The van der Waals surface area contributed by atoms with Crippen molar-refractivity contribution in [2.45, 2.75) is 17.7 Å². The predicted octanol–water partition coefficient (Wildman–Crippen LogP) is 4.30. The number of thioether (sulfide) groups is 1. The molecule has 4 nitrogen and oxygen atoms in total. The van der Waals surface area contributed by atoms with Crippen LogP contribution in [0.4, 0.5) is 4.39 Å². The Morgan fingerprint density at radius 2 is 1.64 bits per heavy atom. The van der Waals surface area contributed by atoms with Gasteiger partial charge in [0.25, 0.3) is 11.8 Å². The first-order valence-electron chi connectivity index (χ1n) is 9.25. The van der Waals surface area contributed by atoms with Crippen LogP contribution in [0.1, 0.15) is 33.6 Å². The highest BCUT2D eigenvalue weighted by atomic mass is 35.5. The highest BCUT2D eigenvalue weighted by Crippen LogP contribution is 2.44. The second-order valence-corrected chi connectivity index (χ2v) is 8.92. The molecule has 0 aromatic heterocycles. The van der Waals surface area contributed by atoms with Crippen molar-refractivity contribution in [3.05, 3.63) is 70.5 Å². The molecule has 0 saturated carbocycles. The van der Waals surface area contributed by atoms with Crippen LogP contribution in [0.5, 0.6) is 0 Å². The summed E-state index contributed by atoms with van der Waals surface area (Å²) in [5, 5.41) is 0.596. The summed E-state index contributed by atoms with van der Waals surface area (Å²) in [7, 11) is 0. The van der Waals surface area contributed by atoms with E-state index in [-0.39, 0.29) is 22.2 Å². The highest BCUT2D eigenvalue weighted by Gasteiger charge is 2.47. The summed E-state index contributed by atoms with van der Waals surface area (Å²) in [5.41, 5.74) is 0.725. The van der Waals surface area contributed by atoms with E-state index in [1.54, 1.807) is 53.1 Å². The summed E-state index contributed by atoms with van der Waals surface area (Å²) in [6, 6.07) is 13.0. The number of rotatable bonds is 2. The molecule has 7 heteroatoms. The minimum absolute atomic E-state index is 0.0264. The molecule has 2 aliphatic heterocycles. The second kappa shape index (κ2) is 7.76. The average molecular weight is 419 g/mol. The molecule has 0 aliphatic carbocycles. The maximum absolute atomic E-state index is 14.1. The van der Waals surface area contributed by atoms with Crippen molar-refractivity contribution in [2.75, 3.05) is 25.4 Å². The second-order valence-electron chi connectivity index (χ2n) is 7.03. The van der Waals surface area contributed by atoms with E-state index in [1.165, 1.54) is 12.1 Å². The molecule has 1 spiro atoms. The molecule has 0 bridgehead atoms. The zero-order chi connectivity index (χ0) is 19.7. The molecule has 2 heterocycles. The number of halogens is 2. The third-order valence-electron chi connectivity index (χ3n) is 5.45. The Balaban J connectivity index is 1.48. The number of piperidine rings is 1. The lowest BCUT2D eigenvalue weighted by Crippen LogP contribution is -2.53. The fourth-order valence-corrected chi connectivity index (χ4v) is 5.50. The first-order chi connectivity index (χ1) is 13.5. The molecule has 2 amide bonds. The van der Waals surface area contributed by atoms with Crippen LogP contribution in [-0.4, -0.2) is 51.9 Å². The van der Waals surface area contributed by atoms with Crippen LogP contribution in [0.3, 0.4) is 0 Å². The third kappa shape index (κ3) is 3.51. The maximum Gasteiger partial charge on any atom is 0.257 e. The number of likely N-dealkylation sites (tertiary alicyclic amines) is 1. The number of carbonyl (C=O) groups is 2. The maximum atomic E-state index is 14.1. The third-order valence-corrected chi connectivity index (χ3v) is 7.25. The zero-order valence-electron chi connectivity index (χ0n) is 15.2. The van der Waals surface area contributed by atoms with Crippen molar-refractivity contribution in [1.82, 2.24) is 9.80 Å². The SMILES string of the molecule is O=C(c1ccc(Cl)cc1)N1CCC2(CC1)SCCN2C(=O)c1ccccc1F. The molecular weight excluding hydrogens is 399 g/mol. The Bertz CT molecular complexity index is 898. The quantitative estimate of drug-likeness (QED) is 0.730. The molecule has 0 radical (unpaired) electrons. The van der Waals surface area contributed by atoms with E-state index < -0.39 is 5.82 Å². The van der Waals surface area contributed by atoms with E-state index in [0.29, 0.717) is 43.1 Å². The topological polar surface area (TPSA) is 40.6 Å². The van der Waals surface area contributed by atoms with Crippen LogP contribution in [0, 0.1) is 5.82 Å². The van der Waals surface area contributed by atoms with Crippen molar-refractivity contribution < 1.29 is 14.0 Å². The molecule has 28 heavy (non-hydrogen) atoms. The molecule has 2 saturated heterocycles. The molecule has 2 aromatic rings. The highest BCUT2D eigenvalue weighted by molar-refractivity contribution is 8.00. The molecule has 2 aromatic carbocycles. The predicted molar refractivity (Wildman–Crippen MR) is 109 cm³/mol. The molecule has 0 atom stereocenters. The molecular formula is C21H20ClFN2O2S. The minimum atomic E-state index is -0.491. The number of amides is 2. The lowest BCUT2D eigenvalue weighted by atomic mass is 10.00. The van der Waals surface area contributed by atoms with Crippen molar-refractivity contribution >= 4 is 35.2 Å². The fraction of sp³-hybridized carbons (Fsp3) is 0.333. The minimum Gasteiger partial charge on any atom is -0.338 e. The summed E-state index contributed by atoms with van der Waals surface area (Å²) in [6.07, 6.45) is 1.36. The Hall–Kier alpha value is -2.05. The molecule has 2 fully saturated rings. The molecule has 4 rings (SSSR count). The lowest BCUT2D eigenvalue weighted by Gasteiger charge is -2.44. The number of hydrogen-bond acceptors (Lipinski definition) is 3. The Morgan fingerprint density at radius 1 is 0.964 bits per heavy atom. The number of benzene rings is 2. The van der Waals surface area contributed by atoms with Crippen molar-refractivity contribution in [2.24, 2.45) is 0 Å². The van der Waals surface area contributed by atoms with Gasteiger partial charge in [0.05, 0.1) is 10.4 Å². The van der Waals surface area contributed by atoms with Crippen molar-refractivity contribution in [3.8, 4) is 0 Å². The van der Waals surface area contributed by atoms with Gasteiger partial charge in [0, 0.05) is 36.0 Å². The molecule has 0 unspecified atom stereocenters. The summed E-state index contributed by atoms with van der Waals surface area (Å²) in [4.78, 5) is 29.0. The Morgan fingerprint density at radius 3 is 2.32 bits per heavy atom. The van der Waals surface area contributed by atoms with E-state index in [1.807, 2.05) is 4.90 Å². The average Bonchev–Trinajstić information content (AvgIpc) is 3.11. The Labute approximate surface area is 172 Å². The van der Waals surface area contributed by atoms with E-state index in [0.717, 1.165) is 5.75 Å². The summed E-state index contributed by atoms with van der Waals surface area (Å²) in [5.74, 6) is 0.0441. The summed E-state index contributed by atoms with van der Waals surface area (Å²) in [6.45, 7) is 1.73. The molecule has 0 N–H and O–H groups in total. The van der Waals surface area contributed by atoms with E-state index in [2.05, 4.69) is 0 Å². The van der Waals surface area contributed by atoms with Crippen LogP contribution in [0.15, 0.2) is 48.5 Å². The van der Waals surface area contributed by atoms with Gasteiger partial charge in [0.1, 0.15) is 5.82 Å². The van der Waals surface area contributed by atoms with Crippen molar-refractivity contribution in [3.63, 3.8) is 0 Å². The van der Waals surface area contributed by atoms with E-state index >= 15 is 0 Å². The van der Waals surface area contributed by atoms with Gasteiger partial charge in [-0.05, 0) is 49.2 Å². The van der Waals surface area contributed by atoms with Gasteiger partial charge in [-0.25, -0.2) is 4.39 Å². The standard InChI is InChI=1S/C21H20ClFN2O2S/c22-16-7-5-15(6-8-16)19(26)24-11-9-21(10-12-24)25(13-14-28-21)20(27)17-3-1-2-4-18(17)23/h1-8H,9-14H2.